The molecule has 1 aliphatic heterocycles. The van der Waals surface area contributed by atoms with Gasteiger partial charge in [-0.2, -0.15) is 10.2 Å². The Morgan fingerprint density at radius 1 is 1.03 bits per heavy atom. The van der Waals surface area contributed by atoms with Gasteiger partial charge >= 0.3 is 0 Å². The number of anilines is 1. The molecule has 1 aromatic carbocycles. The maximum absolute atomic E-state index is 5.65. The van der Waals surface area contributed by atoms with Gasteiger partial charge in [-0.15, -0.1) is 0 Å². The Balaban J connectivity index is 1.26. The first-order chi connectivity index (χ1) is 14.6. The van der Waals surface area contributed by atoms with Gasteiger partial charge in [0.15, 0.2) is 5.11 Å². The topological polar surface area (TPSA) is 54.1 Å². The molecule has 3 heterocycles. The summed E-state index contributed by atoms with van der Waals surface area (Å²) < 4.78 is 3.94. The van der Waals surface area contributed by atoms with E-state index in [1.54, 1.807) is 0 Å². The maximum Gasteiger partial charge on any atom is 0.173 e. The molecule has 30 heavy (non-hydrogen) atoms. The van der Waals surface area contributed by atoms with E-state index in [0.717, 1.165) is 62.3 Å². The van der Waals surface area contributed by atoms with Crippen LogP contribution in [0.1, 0.15) is 23.7 Å². The summed E-state index contributed by atoms with van der Waals surface area (Å²) in [5.41, 5.74) is 4.60. The van der Waals surface area contributed by atoms with Gasteiger partial charge < -0.3 is 10.2 Å². The highest BCUT2D eigenvalue weighted by atomic mass is 32.1. The van der Waals surface area contributed by atoms with Crippen LogP contribution in [0, 0.1) is 6.92 Å². The Labute approximate surface area is 183 Å². The van der Waals surface area contributed by atoms with E-state index in [-0.39, 0.29) is 0 Å². The van der Waals surface area contributed by atoms with E-state index in [4.69, 9.17) is 12.2 Å². The molecular weight excluding hydrogens is 394 g/mol. The molecule has 1 aliphatic rings. The fraction of sp³-hybridized carbons (Fsp3) is 0.409. The first-order valence-electron chi connectivity index (χ1n) is 10.5. The predicted octanol–water partition coefficient (Wildman–Crippen LogP) is 2.97. The molecule has 0 spiro atoms. The van der Waals surface area contributed by atoms with E-state index in [1.165, 1.54) is 11.1 Å². The molecule has 0 atom stereocenters. The van der Waals surface area contributed by atoms with Crippen molar-refractivity contribution < 1.29 is 0 Å². The summed E-state index contributed by atoms with van der Waals surface area (Å²) in [7, 11) is 0. The standard InChI is InChI=1S/C22H29N7S/c1-3-28-16-20(18(2)25-28)15-26-9-11-27(12-10-26)22(30)24-21-13-23-29(17-21)14-19-7-5-4-6-8-19/h4-8,13,16-17H,3,9-12,14-15H2,1-2H3,(H,24,30). The molecule has 158 valence electrons. The minimum atomic E-state index is 0.752. The maximum atomic E-state index is 5.65. The molecule has 0 unspecified atom stereocenters. The van der Waals surface area contributed by atoms with Gasteiger partial charge in [0.2, 0.25) is 0 Å². The SMILES string of the molecule is CCn1cc(CN2CCN(C(=S)Nc3cnn(Cc4ccccc4)c3)CC2)c(C)n1. The highest BCUT2D eigenvalue weighted by Crippen LogP contribution is 2.14. The van der Waals surface area contributed by atoms with Gasteiger partial charge in [-0.05, 0) is 31.6 Å². The lowest BCUT2D eigenvalue weighted by Gasteiger charge is -2.36. The zero-order valence-electron chi connectivity index (χ0n) is 17.7. The highest BCUT2D eigenvalue weighted by molar-refractivity contribution is 7.80. The number of nitrogens with zero attached hydrogens (tertiary/aromatic N) is 6. The minimum absolute atomic E-state index is 0.752. The number of hydrogen-bond acceptors (Lipinski definition) is 4. The molecule has 0 amide bonds. The second kappa shape index (κ2) is 9.40. The molecule has 0 radical (unpaired) electrons. The fourth-order valence-corrected chi connectivity index (χ4v) is 4.01. The number of hydrogen-bond donors (Lipinski definition) is 1. The van der Waals surface area contributed by atoms with Crippen LogP contribution in [0.4, 0.5) is 5.69 Å². The Hall–Kier alpha value is -2.71. The summed E-state index contributed by atoms with van der Waals surface area (Å²) in [6.45, 7) is 10.7. The second-order valence-corrected chi connectivity index (χ2v) is 8.09. The van der Waals surface area contributed by atoms with E-state index < -0.39 is 0 Å². The Morgan fingerprint density at radius 3 is 2.50 bits per heavy atom. The lowest BCUT2D eigenvalue weighted by Crippen LogP contribution is -2.49. The lowest BCUT2D eigenvalue weighted by molar-refractivity contribution is 0.176. The van der Waals surface area contributed by atoms with E-state index in [9.17, 15) is 0 Å². The summed E-state index contributed by atoms with van der Waals surface area (Å²) in [5, 5.41) is 13.1. The first-order valence-corrected chi connectivity index (χ1v) is 10.9. The smallest absolute Gasteiger partial charge is 0.173 e. The molecule has 1 fully saturated rings. The van der Waals surface area contributed by atoms with Crippen LogP contribution in [-0.4, -0.2) is 60.7 Å². The number of benzene rings is 1. The molecule has 0 saturated carbocycles. The van der Waals surface area contributed by atoms with Crippen molar-refractivity contribution in [1.82, 2.24) is 29.4 Å². The van der Waals surface area contributed by atoms with Crippen molar-refractivity contribution in [1.29, 1.82) is 0 Å². The van der Waals surface area contributed by atoms with Gasteiger partial charge in [0, 0.05) is 57.2 Å². The van der Waals surface area contributed by atoms with Crippen LogP contribution in [-0.2, 0) is 19.6 Å². The van der Waals surface area contributed by atoms with Gasteiger partial charge in [-0.1, -0.05) is 30.3 Å². The summed E-state index contributed by atoms with van der Waals surface area (Å²) >= 11 is 5.65. The van der Waals surface area contributed by atoms with Crippen LogP contribution in [0.5, 0.6) is 0 Å². The third-order valence-corrected chi connectivity index (χ3v) is 5.86. The van der Waals surface area contributed by atoms with Crippen LogP contribution in [0.25, 0.3) is 0 Å². The molecule has 2 aromatic heterocycles. The van der Waals surface area contributed by atoms with Crippen molar-refractivity contribution in [3.63, 3.8) is 0 Å². The molecule has 7 nitrogen and oxygen atoms in total. The van der Waals surface area contributed by atoms with Crippen LogP contribution in [0.15, 0.2) is 48.9 Å². The number of thiocarbonyl (C=S) groups is 1. The van der Waals surface area contributed by atoms with Crippen LogP contribution >= 0.6 is 12.2 Å². The third kappa shape index (κ3) is 5.06. The Bertz CT molecular complexity index is 971. The summed E-state index contributed by atoms with van der Waals surface area (Å²) in [4.78, 5) is 4.71. The summed E-state index contributed by atoms with van der Waals surface area (Å²) in [5.74, 6) is 0. The average molecular weight is 424 g/mol. The van der Waals surface area contributed by atoms with E-state index in [0.29, 0.717) is 0 Å². The lowest BCUT2D eigenvalue weighted by atomic mass is 10.2. The Morgan fingerprint density at radius 2 is 1.80 bits per heavy atom. The number of rotatable bonds is 6. The number of aromatic nitrogens is 4. The van der Waals surface area contributed by atoms with Gasteiger partial charge in [0.25, 0.3) is 0 Å². The second-order valence-electron chi connectivity index (χ2n) is 7.70. The van der Waals surface area contributed by atoms with Crippen LogP contribution in [0.3, 0.4) is 0 Å². The highest BCUT2D eigenvalue weighted by Gasteiger charge is 2.20. The molecular formula is C22H29N7S. The largest absolute Gasteiger partial charge is 0.346 e. The number of piperazine rings is 1. The van der Waals surface area contributed by atoms with E-state index in [1.807, 2.05) is 40.0 Å². The number of nitrogens with one attached hydrogen (secondary N) is 1. The van der Waals surface area contributed by atoms with Crippen molar-refractivity contribution in [2.24, 2.45) is 0 Å². The van der Waals surface area contributed by atoms with Crippen molar-refractivity contribution in [2.75, 3.05) is 31.5 Å². The average Bonchev–Trinajstić information content (AvgIpc) is 3.35. The molecule has 0 bridgehead atoms. The van der Waals surface area contributed by atoms with Gasteiger partial charge in [0.1, 0.15) is 0 Å². The zero-order chi connectivity index (χ0) is 20.9. The summed E-state index contributed by atoms with van der Waals surface area (Å²) in [6, 6.07) is 10.3. The van der Waals surface area contributed by atoms with Crippen LogP contribution in [0.2, 0.25) is 0 Å². The first kappa shape index (κ1) is 20.6. The Kier molecular flexibility index (Phi) is 6.44. The quantitative estimate of drug-likeness (QED) is 0.615. The number of aryl methyl sites for hydroxylation is 2. The molecule has 1 N–H and O–H groups in total. The molecule has 3 aromatic rings. The molecule has 8 heteroatoms. The van der Waals surface area contributed by atoms with Gasteiger partial charge in [-0.25, -0.2) is 0 Å². The van der Waals surface area contributed by atoms with Crippen molar-refractivity contribution in [2.45, 2.75) is 33.5 Å². The van der Waals surface area contributed by atoms with Crippen molar-refractivity contribution in [3.05, 3.63) is 65.7 Å². The minimum Gasteiger partial charge on any atom is -0.346 e. The predicted molar refractivity (Wildman–Crippen MR) is 123 cm³/mol. The molecule has 1 saturated heterocycles. The molecule has 0 aliphatic carbocycles. The fourth-order valence-electron chi connectivity index (χ4n) is 3.71. The monoisotopic (exact) mass is 423 g/mol. The van der Waals surface area contributed by atoms with Crippen molar-refractivity contribution >= 4 is 23.0 Å². The van der Waals surface area contributed by atoms with E-state index >= 15 is 0 Å². The zero-order valence-corrected chi connectivity index (χ0v) is 18.5. The van der Waals surface area contributed by atoms with Gasteiger partial charge in [-0.3, -0.25) is 14.3 Å². The third-order valence-electron chi connectivity index (χ3n) is 5.50. The summed E-state index contributed by atoms with van der Waals surface area (Å²) in [6.07, 6.45) is 6.00. The van der Waals surface area contributed by atoms with Crippen LogP contribution < -0.4 is 5.32 Å². The van der Waals surface area contributed by atoms with E-state index in [2.05, 4.69) is 57.5 Å². The van der Waals surface area contributed by atoms with Gasteiger partial charge in [0.05, 0.1) is 24.1 Å². The normalized spacial score (nSPS) is 14.8. The molecule has 4 rings (SSSR count). The van der Waals surface area contributed by atoms with Crippen molar-refractivity contribution in [3.8, 4) is 0 Å².